The third-order valence-corrected chi connectivity index (χ3v) is 7.65. The molecular formula is C29H33N4O4P. The summed E-state index contributed by atoms with van der Waals surface area (Å²) >= 11 is 0. The van der Waals surface area contributed by atoms with Crippen LogP contribution in [0.25, 0.3) is 23.2 Å². The molecule has 3 aromatic rings. The van der Waals surface area contributed by atoms with Gasteiger partial charge in [0, 0.05) is 28.5 Å². The number of fused-ring (bicyclic) bond motifs is 1. The largest absolute Gasteiger partial charge is 0.496 e. The number of aliphatic hydroxyl groups excluding tert-OH is 1. The van der Waals surface area contributed by atoms with Crippen LogP contribution in [0.4, 0.5) is 5.69 Å². The molecule has 4 N–H and O–H groups in total. The van der Waals surface area contributed by atoms with E-state index in [4.69, 9.17) is 20.2 Å². The molecule has 0 spiro atoms. The number of anilines is 1. The molecule has 3 heterocycles. The lowest BCUT2D eigenvalue weighted by molar-refractivity contribution is -0.0283. The van der Waals surface area contributed by atoms with Crippen molar-refractivity contribution in [2.24, 2.45) is 5.73 Å². The van der Waals surface area contributed by atoms with E-state index in [9.17, 15) is 9.90 Å². The summed E-state index contributed by atoms with van der Waals surface area (Å²) in [7, 11) is 4.21. The minimum Gasteiger partial charge on any atom is -0.496 e. The van der Waals surface area contributed by atoms with Crippen LogP contribution in [0, 0.1) is 0 Å². The van der Waals surface area contributed by atoms with E-state index in [1.807, 2.05) is 36.4 Å². The highest BCUT2D eigenvalue weighted by atomic mass is 31.0. The molecule has 198 valence electrons. The number of rotatable bonds is 6. The molecule has 1 aromatic heterocycles. The third kappa shape index (κ3) is 5.25. The van der Waals surface area contributed by atoms with E-state index < -0.39 is 0 Å². The second kappa shape index (κ2) is 11.5. The van der Waals surface area contributed by atoms with Crippen molar-refractivity contribution in [3.8, 4) is 17.0 Å². The predicted molar refractivity (Wildman–Crippen MR) is 153 cm³/mol. The summed E-state index contributed by atoms with van der Waals surface area (Å²) in [6.07, 6.45) is 9.52. The molecule has 0 bridgehead atoms. The highest BCUT2D eigenvalue weighted by Gasteiger charge is 2.29. The molecule has 3 unspecified atom stereocenters. The van der Waals surface area contributed by atoms with Crippen molar-refractivity contribution < 1.29 is 19.4 Å². The Balaban J connectivity index is 1.46. The molecule has 0 aliphatic carbocycles. The first-order valence-electron chi connectivity index (χ1n) is 12.8. The summed E-state index contributed by atoms with van der Waals surface area (Å²) in [5.41, 5.74) is 11.0. The summed E-state index contributed by atoms with van der Waals surface area (Å²) in [5.74, 6) is 1.46. The van der Waals surface area contributed by atoms with Crippen LogP contribution in [-0.4, -0.2) is 47.0 Å². The number of methoxy groups -OCH3 is 1. The van der Waals surface area contributed by atoms with Crippen LogP contribution < -0.4 is 21.1 Å². The van der Waals surface area contributed by atoms with Crippen LogP contribution in [0.2, 0.25) is 0 Å². The summed E-state index contributed by atoms with van der Waals surface area (Å²) < 4.78 is 13.3. The van der Waals surface area contributed by atoms with Gasteiger partial charge >= 0.3 is 0 Å². The number of benzene rings is 2. The van der Waals surface area contributed by atoms with Crippen molar-refractivity contribution in [2.45, 2.75) is 37.7 Å². The van der Waals surface area contributed by atoms with E-state index in [-0.39, 0.29) is 24.5 Å². The zero-order valence-electron chi connectivity index (χ0n) is 21.4. The molecule has 0 saturated carbocycles. The molecule has 38 heavy (non-hydrogen) atoms. The minimum atomic E-state index is -0.213. The van der Waals surface area contributed by atoms with E-state index in [0.717, 1.165) is 53.8 Å². The fraction of sp³-hybridized carbons (Fsp3) is 0.310. The molecule has 1 fully saturated rings. The summed E-state index contributed by atoms with van der Waals surface area (Å²) in [4.78, 5) is 18.1. The number of nitrogens with zero attached hydrogens (tertiary/aromatic N) is 2. The van der Waals surface area contributed by atoms with Crippen LogP contribution in [0.15, 0.2) is 54.6 Å². The van der Waals surface area contributed by atoms with Gasteiger partial charge in [-0.3, -0.25) is 4.79 Å². The fourth-order valence-corrected chi connectivity index (χ4v) is 5.32. The normalized spacial score (nSPS) is 21.4. The van der Waals surface area contributed by atoms with Gasteiger partial charge in [0.1, 0.15) is 11.6 Å². The smallest absolute Gasteiger partial charge is 0.255 e. The lowest BCUT2D eigenvalue weighted by Crippen LogP contribution is -2.28. The lowest BCUT2D eigenvalue weighted by atomic mass is 9.98. The molecule has 3 atom stereocenters. The highest BCUT2D eigenvalue weighted by Crippen LogP contribution is 2.35. The van der Waals surface area contributed by atoms with Crippen LogP contribution in [-0.2, 0) is 4.74 Å². The maximum absolute atomic E-state index is 13.0. The number of carbonyl (C=O) groups excluding carboxylic acids is 1. The van der Waals surface area contributed by atoms with Crippen LogP contribution >= 0.6 is 9.24 Å². The SMILES string of the molecule is COc1cccc(NC(=O)c2ccc(-c3nc(C4CCC(CO)OC4)n4c3/C(N)=C/CC/C=C\4)cc2)c1P. The monoisotopic (exact) mass is 532 g/mol. The van der Waals surface area contributed by atoms with E-state index in [1.165, 1.54) is 0 Å². The Kier molecular flexibility index (Phi) is 7.93. The molecular weight excluding hydrogens is 499 g/mol. The van der Waals surface area contributed by atoms with Gasteiger partial charge in [0.05, 0.1) is 49.2 Å². The number of hydrogen-bond donors (Lipinski definition) is 3. The van der Waals surface area contributed by atoms with Gasteiger partial charge in [-0.15, -0.1) is 0 Å². The average Bonchev–Trinajstić information content (AvgIpc) is 3.31. The van der Waals surface area contributed by atoms with Crippen molar-refractivity contribution in [2.75, 3.05) is 25.6 Å². The molecule has 1 amide bonds. The zero-order valence-corrected chi connectivity index (χ0v) is 22.5. The molecule has 5 rings (SSSR count). The average molecular weight is 533 g/mol. The maximum atomic E-state index is 13.0. The second-order valence-corrected chi connectivity index (χ2v) is 10.1. The fourth-order valence-electron chi connectivity index (χ4n) is 4.94. The lowest BCUT2D eigenvalue weighted by Gasteiger charge is -2.27. The zero-order chi connectivity index (χ0) is 26.6. The molecule has 9 heteroatoms. The van der Waals surface area contributed by atoms with E-state index >= 15 is 0 Å². The van der Waals surface area contributed by atoms with Gasteiger partial charge in [-0.2, -0.15) is 0 Å². The van der Waals surface area contributed by atoms with Gasteiger partial charge in [-0.1, -0.05) is 39.6 Å². The number of aliphatic hydroxyl groups is 1. The Morgan fingerprint density at radius 3 is 2.76 bits per heavy atom. The topological polar surface area (TPSA) is 112 Å². The van der Waals surface area contributed by atoms with E-state index in [2.05, 4.69) is 31.4 Å². The quantitative estimate of drug-likeness (QED) is 0.412. The number of nitrogens with two attached hydrogens (primary N) is 1. The number of amides is 1. The number of ether oxygens (including phenoxy) is 2. The Labute approximate surface area is 224 Å². The van der Waals surface area contributed by atoms with Crippen molar-refractivity contribution in [1.82, 2.24) is 9.55 Å². The van der Waals surface area contributed by atoms with Gasteiger partial charge < -0.3 is 30.2 Å². The van der Waals surface area contributed by atoms with E-state index in [1.54, 1.807) is 19.2 Å². The van der Waals surface area contributed by atoms with E-state index in [0.29, 0.717) is 29.3 Å². The molecule has 2 aliphatic rings. The number of hydrogen-bond acceptors (Lipinski definition) is 6. The Bertz CT molecular complexity index is 1370. The van der Waals surface area contributed by atoms with Gasteiger partial charge in [0.15, 0.2) is 0 Å². The molecule has 1 saturated heterocycles. The first-order valence-corrected chi connectivity index (χ1v) is 13.4. The van der Waals surface area contributed by atoms with Crippen LogP contribution in [0.1, 0.15) is 53.5 Å². The van der Waals surface area contributed by atoms with Crippen LogP contribution in [0.5, 0.6) is 5.75 Å². The first-order chi connectivity index (χ1) is 18.5. The van der Waals surface area contributed by atoms with Crippen molar-refractivity contribution >= 4 is 38.0 Å². The summed E-state index contributed by atoms with van der Waals surface area (Å²) in [6.45, 7) is 0.531. The third-order valence-electron chi connectivity index (χ3n) is 7.06. The number of aromatic nitrogens is 2. The van der Waals surface area contributed by atoms with Gasteiger partial charge in [-0.25, -0.2) is 4.98 Å². The second-order valence-electron chi connectivity index (χ2n) is 9.52. The number of imidazole rings is 1. The first kappa shape index (κ1) is 26.2. The van der Waals surface area contributed by atoms with Crippen molar-refractivity contribution in [1.29, 1.82) is 0 Å². The number of allylic oxidation sites excluding steroid dienone is 2. The predicted octanol–water partition coefficient (Wildman–Crippen LogP) is 4.13. The molecule has 0 radical (unpaired) electrons. The molecule has 2 aliphatic heterocycles. The molecule has 8 nitrogen and oxygen atoms in total. The maximum Gasteiger partial charge on any atom is 0.255 e. The van der Waals surface area contributed by atoms with Crippen molar-refractivity contribution in [3.05, 3.63) is 71.7 Å². The van der Waals surface area contributed by atoms with Gasteiger partial charge in [0.25, 0.3) is 5.91 Å². The molecule has 2 aromatic carbocycles. The standard InChI is InChI=1S/C29H33N4O4P/c1-36-24-8-5-7-23(27(24)38)31-29(35)19-11-9-18(10-12-19)25-26-22(30)6-3-2-4-15-33(26)28(32-25)20-13-14-21(16-34)37-17-20/h4-12,15,20-21,34H,2-3,13-14,16-17,30,38H2,1H3,(H,31,35)/b15-4-,22-6-. The Hall–Kier alpha value is -3.45. The van der Waals surface area contributed by atoms with Crippen molar-refractivity contribution in [3.63, 3.8) is 0 Å². The summed E-state index contributed by atoms with van der Waals surface area (Å²) in [5, 5.41) is 13.2. The number of nitrogens with one attached hydrogen (secondary N) is 1. The van der Waals surface area contributed by atoms with Crippen LogP contribution in [0.3, 0.4) is 0 Å². The minimum absolute atomic E-state index is 0.0311. The van der Waals surface area contributed by atoms with Gasteiger partial charge in [-0.05, 0) is 49.9 Å². The van der Waals surface area contributed by atoms with Gasteiger partial charge in [0.2, 0.25) is 0 Å². The highest BCUT2D eigenvalue weighted by molar-refractivity contribution is 7.28. The number of carbonyl (C=O) groups is 1. The Morgan fingerprint density at radius 1 is 1.24 bits per heavy atom. The summed E-state index contributed by atoms with van der Waals surface area (Å²) in [6, 6.07) is 12.9. The Morgan fingerprint density at radius 2 is 2.05 bits per heavy atom.